The molecule has 0 bridgehead atoms. The number of hydrogen-bond acceptors (Lipinski definition) is 5. The van der Waals surface area contributed by atoms with E-state index in [1.165, 1.54) is 11.1 Å². The van der Waals surface area contributed by atoms with Crippen LogP contribution in [0.3, 0.4) is 0 Å². The van der Waals surface area contributed by atoms with Crippen LogP contribution in [0, 0.1) is 5.82 Å². The summed E-state index contributed by atoms with van der Waals surface area (Å²) in [5.74, 6) is -0.208. The second-order valence-corrected chi connectivity index (χ2v) is 9.00. The molecular weight excluding hydrogens is 409 g/mol. The van der Waals surface area contributed by atoms with Crippen LogP contribution in [-0.2, 0) is 25.4 Å². The zero-order valence-corrected chi connectivity index (χ0v) is 18.5. The third kappa shape index (κ3) is 4.45. The average Bonchev–Trinajstić information content (AvgIpc) is 3.14. The molecule has 2 aliphatic heterocycles. The molecule has 5 rings (SSSR count). The van der Waals surface area contributed by atoms with Crippen LogP contribution in [0.5, 0.6) is 0 Å². The summed E-state index contributed by atoms with van der Waals surface area (Å²) >= 11 is 0. The molecule has 3 aliphatic rings. The minimum atomic E-state index is -0.214. The van der Waals surface area contributed by atoms with Crippen LogP contribution in [-0.4, -0.2) is 55.9 Å². The number of rotatable bonds is 5. The van der Waals surface area contributed by atoms with Crippen LogP contribution in [0.15, 0.2) is 42.5 Å². The Kier molecular flexibility index (Phi) is 6.26. The van der Waals surface area contributed by atoms with E-state index in [2.05, 4.69) is 29.2 Å². The summed E-state index contributed by atoms with van der Waals surface area (Å²) in [5.41, 5.74) is 4.75. The van der Waals surface area contributed by atoms with Crippen LogP contribution in [0.4, 0.5) is 4.39 Å². The largest absolute Gasteiger partial charge is 0.466 e. The average molecular weight is 440 g/mol. The molecular formula is C26H30FNO4. The van der Waals surface area contributed by atoms with Gasteiger partial charge in [-0.1, -0.05) is 30.3 Å². The van der Waals surface area contributed by atoms with Crippen molar-refractivity contribution in [3.8, 4) is 0 Å². The number of morpholine rings is 1. The van der Waals surface area contributed by atoms with Crippen molar-refractivity contribution < 1.29 is 23.4 Å². The highest BCUT2D eigenvalue weighted by Crippen LogP contribution is 2.49. The topological polar surface area (TPSA) is 48.0 Å². The molecule has 2 aromatic carbocycles. The monoisotopic (exact) mass is 439 g/mol. The van der Waals surface area contributed by atoms with E-state index in [1.54, 1.807) is 12.1 Å². The smallest absolute Gasteiger partial charge is 0.308 e. The van der Waals surface area contributed by atoms with Crippen LogP contribution in [0.2, 0.25) is 0 Å². The van der Waals surface area contributed by atoms with Crippen molar-refractivity contribution in [3.05, 3.63) is 70.5 Å². The molecule has 0 radical (unpaired) electrons. The Labute approximate surface area is 188 Å². The summed E-state index contributed by atoms with van der Waals surface area (Å²) in [6.07, 6.45) is 1.76. The first-order chi connectivity index (χ1) is 15.6. The maximum Gasteiger partial charge on any atom is 0.308 e. The number of nitrogens with zero attached hydrogens (tertiary/aromatic N) is 1. The molecule has 2 saturated heterocycles. The van der Waals surface area contributed by atoms with Gasteiger partial charge in [0.05, 0.1) is 37.9 Å². The first-order valence-corrected chi connectivity index (χ1v) is 11.6. The number of benzene rings is 2. The van der Waals surface area contributed by atoms with E-state index in [4.69, 9.17) is 14.2 Å². The van der Waals surface area contributed by atoms with Gasteiger partial charge in [0.15, 0.2) is 0 Å². The highest BCUT2D eigenvalue weighted by Gasteiger charge is 2.41. The van der Waals surface area contributed by atoms with E-state index in [0.717, 1.165) is 37.1 Å². The summed E-state index contributed by atoms with van der Waals surface area (Å²) in [5, 5.41) is 0. The maximum atomic E-state index is 14.2. The number of ether oxygens (including phenoxy) is 3. The van der Waals surface area contributed by atoms with Gasteiger partial charge in [-0.15, -0.1) is 0 Å². The standard InChI is InChI=1S/C26H30FNO4/c1-2-30-25(29)14-20-15-28(9-10-31-20)16-21-13-24-22-6-4-3-5-17(22)11-18-7-8-19(27)12-23(18)26(24)32-21/h3-8,12,20-21,24,26H,2,9-11,13-16H2,1H3/t20?,21-,24+,26-/m0/s1. The van der Waals surface area contributed by atoms with Gasteiger partial charge in [-0.2, -0.15) is 0 Å². The predicted molar refractivity (Wildman–Crippen MR) is 118 cm³/mol. The zero-order valence-electron chi connectivity index (χ0n) is 18.5. The molecule has 0 N–H and O–H groups in total. The number of carbonyl (C=O) groups is 1. The quantitative estimate of drug-likeness (QED) is 0.659. The molecule has 0 amide bonds. The molecule has 6 heteroatoms. The molecule has 0 spiro atoms. The van der Waals surface area contributed by atoms with Crippen molar-refractivity contribution in [3.63, 3.8) is 0 Å². The van der Waals surface area contributed by atoms with E-state index in [0.29, 0.717) is 19.8 Å². The molecule has 2 fully saturated rings. The minimum absolute atomic E-state index is 0.0496. The molecule has 1 aliphatic carbocycles. The number of carbonyl (C=O) groups excluding carboxylic acids is 1. The number of hydrogen-bond donors (Lipinski definition) is 0. The van der Waals surface area contributed by atoms with Crippen molar-refractivity contribution in [2.24, 2.45) is 0 Å². The maximum absolute atomic E-state index is 14.2. The van der Waals surface area contributed by atoms with Crippen molar-refractivity contribution in [1.29, 1.82) is 0 Å². The Bertz CT molecular complexity index is 980. The van der Waals surface area contributed by atoms with Crippen LogP contribution >= 0.6 is 0 Å². The molecule has 0 aromatic heterocycles. The molecule has 1 unspecified atom stereocenters. The van der Waals surface area contributed by atoms with Crippen molar-refractivity contribution in [1.82, 2.24) is 4.90 Å². The van der Waals surface area contributed by atoms with Gasteiger partial charge in [0, 0.05) is 25.6 Å². The van der Waals surface area contributed by atoms with E-state index in [1.807, 2.05) is 13.0 Å². The van der Waals surface area contributed by atoms with Gasteiger partial charge in [0.25, 0.3) is 0 Å². The lowest BCUT2D eigenvalue weighted by atomic mass is 9.87. The molecule has 4 atom stereocenters. The lowest BCUT2D eigenvalue weighted by molar-refractivity contribution is -0.148. The van der Waals surface area contributed by atoms with Gasteiger partial charge in [0.1, 0.15) is 5.82 Å². The summed E-state index contributed by atoms with van der Waals surface area (Å²) in [6, 6.07) is 13.7. The van der Waals surface area contributed by atoms with Crippen molar-refractivity contribution in [2.45, 2.75) is 50.4 Å². The number of esters is 1. The molecule has 5 nitrogen and oxygen atoms in total. The van der Waals surface area contributed by atoms with Crippen molar-refractivity contribution in [2.75, 3.05) is 32.8 Å². The summed E-state index contributed by atoms with van der Waals surface area (Å²) in [7, 11) is 0. The van der Waals surface area contributed by atoms with Crippen molar-refractivity contribution >= 4 is 5.97 Å². The Hall–Kier alpha value is -2.28. The highest BCUT2D eigenvalue weighted by atomic mass is 19.1. The van der Waals surface area contributed by atoms with E-state index in [-0.39, 0.29) is 42.4 Å². The Morgan fingerprint density at radius 3 is 2.88 bits per heavy atom. The number of fused-ring (bicyclic) bond motifs is 5. The Morgan fingerprint density at radius 1 is 1.16 bits per heavy atom. The summed E-state index contributed by atoms with van der Waals surface area (Å²) in [4.78, 5) is 14.2. The van der Waals surface area contributed by atoms with Crippen LogP contribution in [0.1, 0.15) is 54.0 Å². The third-order valence-electron chi connectivity index (χ3n) is 6.86. The fourth-order valence-electron chi connectivity index (χ4n) is 5.48. The first-order valence-electron chi connectivity index (χ1n) is 11.6. The van der Waals surface area contributed by atoms with Gasteiger partial charge < -0.3 is 14.2 Å². The van der Waals surface area contributed by atoms with E-state index >= 15 is 0 Å². The fourth-order valence-corrected chi connectivity index (χ4v) is 5.48. The van der Waals surface area contributed by atoms with Crippen LogP contribution < -0.4 is 0 Å². The number of halogens is 1. The lowest BCUT2D eigenvalue weighted by Crippen LogP contribution is -2.46. The second kappa shape index (κ2) is 9.30. The van der Waals surface area contributed by atoms with E-state index in [9.17, 15) is 9.18 Å². The molecule has 2 heterocycles. The lowest BCUT2D eigenvalue weighted by Gasteiger charge is -2.34. The van der Waals surface area contributed by atoms with Gasteiger partial charge in [0.2, 0.25) is 0 Å². The Balaban J connectivity index is 1.32. The molecule has 2 aromatic rings. The SMILES string of the molecule is CCOC(=O)CC1CN(C[C@@H]2C[C@@H]3c4ccccc4Cc4ccc(F)cc4[C@@H]3O2)CCO1. The third-order valence-corrected chi connectivity index (χ3v) is 6.86. The van der Waals surface area contributed by atoms with Gasteiger partial charge in [-0.25, -0.2) is 4.39 Å². The first kappa shape index (κ1) is 21.6. The minimum Gasteiger partial charge on any atom is -0.466 e. The summed E-state index contributed by atoms with van der Waals surface area (Å²) < 4.78 is 31.6. The van der Waals surface area contributed by atoms with Crippen LogP contribution in [0.25, 0.3) is 0 Å². The Morgan fingerprint density at radius 2 is 2.00 bits per heavy atom. The van der Waals surface area contributed by atoms with E-state index < -0.39 is 0 Å². The van der Waals surface area contributed by atoms with Gasteiger partial charge >= 0.3 is 5.97 Å². The van der Waals surface area contributed by atoms with Gasteiger partial charge in [-0.05, 0) is 54.2 Å². The molecule has 32 heavy (non-hydrogen) atoms. The zero-order chi connectivity index (χ0) is 22.1. The highest BCUT2D eigenvalue weighted by molar-refractivity contribution is 5.70. The molecule has 0 saturated carbocycles. The normalized spacial score (nSPS) is 27.2. The fraction of sp³-hybridized carbons (Fsp3) is 0.500. The second-order valence-electron chi connectivity index (χ2n) is 9.00. The van der Waals surface area contributed by atoms with Gasteiger partial charge in [-0.3, -0.25) is 9.69 Å². The summed E-state index contributed by atoms with van der Waals surface area (Å²) in [6.45, 7) is 5.08. The molecule has 170 valence electrons. The predicted octanol–water partition coefficient (Wildman–Crippen LogP) is 4.00.